The molecule has 100 valence electrons. The quantitative estimate of drug-likeness (QED) is 0.761. The molecule has 5 heteroatoms. The fourth-order valence-corrected chi connectivity index (χ4v) is 2.08. The number of fused-ring (bicyclic) bond motifs is 1. The zero-order valence-electron chi connectivity index (χ0n) is 10.9. The van der Waals surface area contributed by atoms with Gasteiger partial charge >= 0.3 is 0 Å². The Hall–Kier alpha value is -2.33. The minimum Gasteiger partial charge on any atom is -0.357 e. The number of hydrogen-bond acceptors (Lipinski definition) is 4. The molecule has 0 saturated heterocycles. The van der Waals surface area contributed by atoms with E-state index >= 15 is 0 Å². The molecule has 20 heavy (non-hydrogen) atoms. The molecule has 0 fully saturated rings. The fraction of sp³-hybridized carbons (Fsp3) is 0.0667. The summed E-state index contributed by atoms with van der Waals surface area (Å²) in [6.45, 7) is 0. The van der Waals surface area contributed by atoms with Gasteiger partial charge in [0, 0.05) is 23.1 Å². The van der Waals surface area contributed by atoms with Crippen LogP contribution in [0.3, 0.4) is 0 Å². The van der Waals surface area contributed by atoms with Gasteiger partial charge in [-0.05, 0) is 36.4 Å². The molecule has 1 heterocycles. The van der Waals surface area contributed by atoms with E-state index < -0.39 is 0 Å². The Labute approximate surface area is 121 Å². The maximum Gasteiger partial charge on any atom is 0.224 e. The summed E-state index contributed by atoms with van der Waals surface area (Å²) in [4.78, 5) is 8.90. The molecule has 2 aromatic carbocycles. The Morgan fingerprint density at radius 3 is 2.45 bits per heavy atom. The highest BCUT2D eigenvalue weighted by atomic mass is 35.5. The van der Waals surface area contributed by atoms with E-state index in [2.05, 4.69) is 20.6 Å². The maximum atomic E-state index is 5.89. The molecule has 1 aromatic heterocycles. The third kappa shape index (κ3) is 2.51. The van der Waals surface area contributed by atoms with Crippen molar-refractivity contribution in [2.75, 3.05) is 17.7 Å². The molecule has 0 saturated carbocycles. The molecule has 0 aliphatic carbocycles. The van der Waals surface area contributed by atoms with Gasteiger partial charge in [-0.1, -0.05) is 23.7 Å². The van der Waals surface area contributed by atoms with E-state index in [0.29, 0.717) is 11.0 Å². The Morgan fingerprint density at radius 2 is 1.70 bits per heavy atom. The molecule has 3 rings (SSSR count). The molecule has 0 bridgehead atoms. The van der Waals surface area contributed by atoms with Gasteiger partial charge in [0.05, 0.1) is 5.52 Å². The normalized spacial score (nSPS) is 10.5. The second kappa shape index (κ2) is 5.35. The standard InChI is InChI=1S/C15H13ClN4/c1-17-15-19-13-5-3-2-4-12(13)14(20-15)18-11-8-6-10(16)7-9-11/h2-9H,1H3,(H2,17,18,19,20). The first-order valence-electron chi connectivity index (χ1n) is 6.23. The highest BCUT2D eigenvalue weighted by molar-refractivity contribution is 6.30. The minimum absolute atomic E-state index is 0.583. The van der Waals surface area contributed by atoms with Crippen LogP contribution in [0.4, 0.5) is 17.5 Å². The average Bonchev–Trinajstić information content (AvgIpc) is 2.49. The summed E-state index contributed by atoms with van der Waals surface area (Å²) >= 11 is 5.89. The van der Waals surface area contributed by atoms with Gasteiger partial charge < -0.3 is 10.6 Å². The lowest BCUT2D eigenvalue weighted by Gasteiger charge is -2.10. The van der Waals surface area contributed by atoms with E-state index in [4.69, 9.17) is 11.6 Å². The van der Waals surface area contributed by atoms with Gasteiger partial charge in [-0.25, -0.2) is 4.98 Å². The minimum atomic E-state index is 0.583. The summed E-state index contributed by atoms with van der Waals surface area (Å²) in [6, 6.07) is 15.4. The highest BCUT2D eigenvalue weighted by Gasteiger charge is 2.06. The van der Waals surface area contributed by atoms with Crippen molar-refractivity contribution in [3.8, 4) is 0 Å². The number of nitrogens with zero attached hydrogens (tertiary/aromatic N) is 2. The highest BCUT2D eigenvalue weighted by Crippen LogP contribution is 2.25. The van der Waals surface area contributed by atoms with Gasteiger partial charge in [0.25, 0.3) is 0 Å². The van der Waals surface area contributed by atoms with Crippen molar-refractivity contribution in [1.82, 2.24) is 9.97 Å². The number of hydrogen-bond donors (Lipinski definition) is 2. The largest absolute Gasteiger partial charge is 0.357 e. The Balaban J connectivity index is 2.07. The fourth-order valence-electron chi connectivity index (χ4n) is 1.95. The van der Waals surface area contributed by atoms with Gasteiger partial charge in [-0.3, -0.25) is 0 Å². The monoisotopic (exact) mass is 284 g/mol. The Kier molecular flexibility index (Phi) is 3.39. The molecule has 2 N–H and O–H groups in total. The molecule has 0 unspecified atom stereocenters. The van der Waals surface area contributed by atoms with E-state index in [1.807, 2.05) is 48.5 Å². The van der Waals surface area contributed by atoms with E-state index in [1.165, 1.54) is 0 Å². The van der Waals surface area contributed by atoms with Crippen LogP contribution in [0.2, 0.25) is 5.02 Å². The van der Waals surface area contributed by atoms with Crippen molar-refractivity contribution in [2.45, 2.75) is 0 Å². The van der Waals surface area contributed by atoms with Crippen LogP contribution in [0.1, 0.15) is 0 Å². The predicted octanol–water partition coefficient (Wildman–Crippen LogP) is 4.07. The number of benzene rings is 2. The summed E-state index contributed by atoms with van der Waals surface area (Å²) in [5.74, 6) is 1.35. The van der Waals surface area contributed by atoms with Crippen molar-refractivity contribution < 1.29 is 0 Å². The van der Waals surface area contributed by atoms with Crippen LogP contribution in [-0.2, 0) is 0 Å². The van der Waals surface area contributed by atoms with Crippen molar-refractivity contribution in [2.24, 2.45) is 0 Å². The first kappa shape index (κ1) is 12.7. The van der Waals surface area contributed by atoms with Crippen LogP contribution in [0.15, 0.2) is 48.5 Å². The number of nitrogens with one attached hydrogen (secondary N) is 2. The molecule has 0 aliphatic rings. The van der Waals surface area contributed by atoms with Crippen molar-refractivity contribution in [3.63, 3.8) is 0 Å². The van der Waals surface area contributed by atoms with Gasteiger partial charge in [-0.15, -0.1) is 0 Å². The van der Waals surface area contributed by atoms with Crippen LogP contribution >= 0.6 is 11.6 Å². The summed E-state index contributed by atoms with van der Waals surface area (Å²) in [7, 11) is 1.80. The zero-order valence-corrected chi connectivity index (χ0v) is 11.6. The van der Waals surface area contributed by atoms with Crippen LogP contribution in [0, 0.1) is 0 Å². The number of anilines is 3. The smallest absolute Gasteiger partial charge is 0.224 e. The first-order valence-corrected chi connectivity index (χ1v) is 6.61. The molecule has 0 radical (unpaired) electrons. The van der Waals surface area contributed by atoms with Crippen LogP contribution < -0.4 is 10.6 Å². The number of para-hydroxylation sites is 1. The number of aromatic nitrogens is 2. The second-order valence-electron chi connectivity index (χ2n) is 4.29. The lowest BCUT2D eigenvalue weighted by Crippen LogP contribution is -2.01. The van der Waals surface area contributed by atoms with Gasteiger partial charge in [-0.2, -0.15) is 4.98 Å². The average molecular weight is 285 g/mol. The van der Waals surface area contributed by atoms with E-state index in [1.54, 1.807) is 7.05 Å². The van der Waals surface area contributed by atoms with Crippen LogP contribution in [-0.4, -0.2) is 17.0 Å². The summed E-state index contributed by atoms with van der Waals surface area (Å²) in [5, 5.41) is 7.95. The molecular formula is C15H13ClN4. The van der Waals surface area contributed by atoms with E-state index in [0.717, 1.165) is 22.4 Å². The molecular weight excluding hydrogens is 272 g/mol. The summed E-state index contributed by atoms with van der Waals surface area (Å²) in [5.41, 5.74) is 1.82. The Morgan fingerprint density at radius 1 is 0.950 bits per heavy atom. The topological polar surface area (TPSA) is 49.8 Å². The molecule has 0 aliphatic heterocycles. The molecule has 4 nitrogen and oxygen atoms in total. The molecule has 3 aromatic rings. The first-order chi connectivity index (χ1) is 9.76. The lowest BCUT2D eigenvalue weighted by atomic mass is 10.2. The van der Waals surface area contributed by atoms with Crippen molar-refractivity contribution in [1.29, 1.82) is 0 Å². The predicted molar refractivity (Wildman–Crippen MR) is 83.8 cm³/mol. The van der Waals surface area contributed by atoms with Gasteiger partial charge in [0.2, 0.25) is 5.95 Å². The zero-order chi connectivity index (χ0) is 13.9. The third-order valence-corrected chi connectivity index (χ3v) is 3.19. The van der Waals surface area contributed by atoms with Crippen LogP contribution in [0.25, 0.3) is 10.9 Å². The summed E-state index contributed by atoms with van der Waals surface area (Å²) in [6.07, 6.45) is 0. The Bertz CT molecular complexity index is 740. The molecule has 0 atom stereocenters. The van der Waals surface area contributed by atoms with Crippen molar-refractivity contribution in [3.05, 3.63) is 53.6 Å². The number of rotatable bonds is 3. The lowest BCUT2D eigenvalue weighted by molar-refractivity contribution is 1.19. The molecule has 0 spiro atoms. The van der Waals surface area contributed by atoms with Gasteiger partial charge in [0.1, 0.15) is 5.82 Å². The third-order valence-electron chi connectivity index (χ3n) is 2.93. The molecule has 0 amide bonds. The SMILES string of the molecule is CNc1nc(Nc2ccc(Cl)cc2)c2ccccc2n1. The van der Waals surface area contributed by atoms with Gasteiger partial charge in [0.15, 0.2) is 0 Å². The van der Waals surface area contributed by atoms with Crippen LogP contribution in [0.5, 0.6) is 0 Å². The number of halogens is 1. The van der Waals surface area contributed by atoms with Crippen molar-refractivity contribution >= 4 is 40.0 Å². The van der Waals surface area contributed by atoms with E-state index in [-0.39, 0.29) is 0 Å². The van der Waals surface area contributed by atoms with E-state index in [9.17, 15) is 0 Å². The second-order valence-corrected chi connectivity index (χ2v) is 4.73. The maximum absolute atomic E-state index is 5.89. The summed E-state index contributed by atoms with van der Waals surface area (Å²) < 4.78 is 0.